The van der Waals surface area contributed by atoms with Crippen LogP contribution in [0.15, 0.2) is 72.9 Å². The Morgan fingerprint density at radius 3 is 2.48 bits per heavy atom. The van der Waals surface area contributed by atoms with Crippen LogP contribution in [0.25, 0.3) is 22.0 Å². The fourth-order valence-electron chi connectivity index (χ4n) is 6.80. The molecule has 0 saturated carbocycles. The van der Waals surface area contributed by atoms with Crippen molar-refractivity contribution >= 4 is 69.4 Å². The zero-order chi connectivity index (χ0) is 41.4. The third-order valence-electron chi connectivity index (χ3n) is 10.1. The molecule has 0 unspecified atom stereocenters. The molecule has 0 atom stereocenters. The minimum Gasteiger partial charge on any atom is -0.496 e. The maximum atomic E-state index is 13.9. The minimum atomic E-state index is -0.272. The predicted molar refractivity (Wildman–Crippen MR) is 240 cm³/mol. The molecule has 14 heteroatoms. The number of ether oxygens (including phenoxy) is 2. The van der Waals surface area contributed by atoms with E-state index >= 15 is 0 Å². The molecule has 2 heterocycles. The topological polar surface area (TPSA) is 141 Å². The van der Waals surface area contributed by atoms with Crippen molar-refractivity contribution in [3.8, 4) is 22.6 Å². The van der Waals surface area contributed by atoms with Crippen LogP contribution in [-0.2, 0) is 5.41 Å². The number of nitrogens with one attached hydrogen (secondary N) is 3. The zero-order valence-electron chi connectivity index (χ0n) is 34.3. The number of aliphatic hydroxyl groups is 1. The van der Waals surface area contributed by atoms with Gasteiger partial charge in [-0.2, -0.15) is 11.8 Å². The van der Waals surface area contributed by atoms with Crippen LogP contribution in [0.3, 0.4) is 0 Å². The van der Waals surface area contributed by atoms with Gasteiger partial charge in [0.25, 0.3) is 11.8 Å². The van der Waals surface area contributed by atoms with Crippen LogP contribution in [0, 0.1) is 6.92 Å². The Kier molecular flexibility index (Phi) is 14.1. The maximum absolute atomic E-state index is 13.9. The van der Waals surface area contributed by atoms with Crippen LogP contribution in [0.4, 0.5) is 23.0 Å². The summed E-state index contributed by atoms with van der Waals surface area (Å²) in [7, 11) is 3.14. The van der Waals surface area contributed by atoms with Crippen molar-refractivity contribution in [2.75, 3.05) is 86.3 Å². The Balaban J connectivity index is 1.18. The molecule has 6 rings (SSSR count). The summed E-state index contributed by atoms with van der Waals surface area (Å²) in [5.74, 6) is 3.20. The molecule has 1 aliphatic heterocycles. The fourth-order valence-corrected chi connectivity index (χ4v) is 8.38. The highest BCUT2D eigenvalue weighted by atomic mass is 32.2. The molecule has 4 aromatic carbocycles. The van der Waals surface area contributed by atoms with Gasteiger partial charge in [0.1, 0.15) is 5.75 Å². The lowest BCUT2D eigenvalue weighted by Crippen LogP contribution is -2.39. The molecule has 0 radical (unpaired) electrons. The highest BCUT2D eigenvalue weighted by molar-refractivity contribution is 8.00. The van der Waals surface area contributed by atoms with Crippen molar-refractivity contribution < 1.29 is 24.2 Å². The normalized spacial score (nSPS) is 13.2. The van der Waals surface area contributed by atoms with Crippen molar-refractivity contribution in [2.24, 2.45) is 0 Å². The SMILES string of the molecule is COc1cc(Nc2ncc3cc(-c4cc(C(=O)Nc5cc(C(C)(C)C)cc(N(CCO)SC)c5OC)ccc4C)ccc3n2)ccc1C(=O)NCCN1CCSCC1. The number of rotatable bonds is 15. The molecule has 4 N–H and O–H groups in total. The van der Waals surface area contributed by atoms with E-state index in [0.29, 0.717) is 53.0 Å². The molecule has 1 aromatic heterocycles. The van der Waals surface area contributed by atoms with Crippen LogP contribution in [0.1, 0.15) is 52.6 Å². The number of amides is 2. The van der Waals surface area contributed by atoms with E-state index in [4.69, 9.17) is 14.5 Å². The second kappa shape index (κ2) is 19.2. The zero-order valence-corrected chi connectivity index (χ0v) is 35.9. The van der Waals surface area contributed by atoms with Crippen molar-refractivity contribution in [3.05, 3.63) is 95.2 Å². The number of anilines is 4. The molecule has 58 heavy (non-hydrogen) atoms. The van der Waals surface area contributed by atoms with Gasteiger partial charge < -0.3 is 34.8 Å². The van der Waals surface area contributed by atoms with Gasteiger partial charge in [-0.05, 0) is 83.1 Å². The summed E-state index contributed by atoms with van der Waals surface area (Å²) in [6.07, 6.45) is 3.71. The summed E-state index contributed by atoms with van der Waals surface area (Å²) in [5.41, 5.74) is 7.38. The Morgan fingerprint density at radius 2 is 1.78 bits per heavy atom. The summed E-state index contributed by atoms with van der Waals surface area (Å²) in [4.78, 5) is 38.6. The molecule has 12 nitrogen and oxygen atoms in total. The second-order valence-corrected chi connectivity index (χ2v) is 17.1. The van der Waals surface area contributed by atoms with Crippen LogP contribution in [0.2, 0.25) is 0 Å². The quantitative estimate of drug-likeness (QED) is 0.0767. The average Bonchev–Trinajstić information content (AvgIpc) is 3.22. The van der Waals surface area contributed by atoms with Crippen molar-refractivity contribution in [3.63, 3.8) is 0 Å². The minimum absolute atomic E-state index is 0.0260. The number of carbonyl (C=O) groups excluding carboxylic acids is 2. The number of aromatic nitrogens is 2. The number of thioether (sulfide) groups is 1. The third kappa shape index (κ3) is 10.2. The first-order valence-electron chi connectivity index (χ1n) is 19.3. The number of nitrogens with zero attached hydrogens (tertiary/aromatic N) is 4. The van der Waals surface area contributed by atoms with E-state index < -0.39 is 0 Å². The largest absolute Gasteiger partial charge is 0.496 e. The first kappa shape index (κ1) is 42.6. The summed E-state index contributed by atoms with van der Waals surface area (Å²) in [6, 6.07) is 21.0. The highest BCUT2D eigenvalue weighted by Crippen LogP contribution is 2.42. The van der Waals surface area contributed by atoms with Crippen LogP contribution >= 0.6 is 23.7 Å². The molecule has 1 saturated heterocycles. The Morgan fingerprint density at radius 1 is 0.983 bits per heavy atom. The number of fused-ring (bicyclic) bond motifs is 1. The standard InChI is InChI=1S/C44H53N7O5S2/c1-28-8-9-30(41(53)48-37-24-32(44(2,3)4)25-38(40(37)56-6)51(57-7)16-19-52)23-35(28)29-10-13-36-31(22-29)27-46-43(49-36)47-33-11-12-34(39(26-33)55-5)42(54)45-14-15-50-17-20-58-21-18-50/h8-13,22-27,52H,14-21H2,1-7H3,(H,45,54)(H,48,53)(H,46,47,49). The van der Waals surface area contributed by atoms with Gasteiger partial charge in [0.15, 0.2) is 5.75 Å². The number of hydrogen-bond donors (Lipinski definition) is 4. The fraction of sp³-hybridized carbons (Fsp3) is 0.364. The number of carbonyl (C=O) groups is 2. The Bertz CT molecular complexity index is 2260. The molecule has 1 fully saturated rings. The Hall–Kier alpha value is -5.02. The van der Waals surface area contributed by atoms with Crippen molar-refractivity contribution in [1.29, 1.82) is 0 Å². The van der Waals surface area contributed by atoms with E-state index in [1.54, 1.807) is 32.5 Å². The van der Waals surface area contributed by atoms with Gasteiger partial charge in [-0.15, -0.1) is 0 Å². The van der Waals surface area contributed by atoms with Crippen LogP contribution in [-0.4, -0.2) is 103 Å². The average molecular weight is 824 g/mol. The first-order valence-corrected chi connectivity index (χ1v) is 21.6. The summed E-state index contributed by atoms with van der Waals surface area (Å²) in [5, 5.41) is 20.0. The summed E-state index contributed by atoms with van der Waals surface area (Å²) in [6.45, 7) is 12.3. The lowest BCUT2D eigenvalue weighted by molar-refractivity contribution is 0.0945. The molecule has 5 aromatic rings. The highest BCUT2D eigenvalue weighted by Gasteiger charge is 2.24. The number of methoxy groups -OCH3 is 2. The van der Waals surface area contributed by atoms with Crippen molar-refractivity contribution in [2.45, 2.75) is 33.1 Å². The van der Waals surface area contributed by atoms with E-state index in [2.05, 4.69) is 52.7 Å². The van der Waals surface area contributed by atoms with E-state index in [9.17, 15) is 14.7 Å². The van der Waals surface area contributed by atoms with Gasteiger partial charge in [-0.1, -0.05) is 44.9 Å². The van der Waals surface area contributed by atoms with Gasteiger partial charge in [-0.3, -0.25) is 14.5 Å². The molecule has 0 bridgehead atoms. The molecule has 0 spiro atoms. The van der Waals surface area contributed by atoms with Gasteiger partial charge in [0.05, 0.1) is 49.8 Å². The predicted octanol–water partition coefficient (Wildman–Crippen LogP) is 7.77. The van der Waals surface area contributed by atoms with Gasteiger partial charge >= 0.3 is 0 Å². The monoisotopic (exact) mass is 823 g/mol. The number of benzene rings is 4. The molecular formula is C44H53N7O5S2. The number of hydrogen-bond acceptors (Lipinski definition) is 12. The lowest BCUT2D eigenvalue weighted by Gasteiger charge is -2.28. The third-order valence-corrected chi connectivity index (χ3v) is 11.9. The van der Waals surface area contributed by atoms with E-state index in [-0.39, 0.29) is 23.8 Å². The van der Waals surface area contributed by atoms with Gasteiger partial charge in [-0.25, -0.2) is 9.97 Å². The molecule has 2 amide bonds. The van der Waals surface area contributed by atoms with E-state index in [1.807, 2.05) is 77.8 Å². The van der Waals surface area contributed by atoms with Gasteiger partial charge in [0, 0.05) is 72.8 Å². The smallest absolute Gasteiger partial charge is 0.255 e. The maximum Gasteiger partial charge on any atom is 0.255 e. The van der Waals surface area contributed by atoms with E-state index in [1.165, 1.54) is 11.9 Å². The van der Waals surface area contributed by atoms with E-state index in [0.717, 1.165) is 70.0 Å². The number of aliphatic hydroxyl groups excluding tert-OH is 1. The molecular weight excluding hydrogens is 771 g/mol. The van der Waals surface area contributed by atoms with Crippen LogP contribution < -0.4 is 29.7 Å². The first-order chi connectivity index (χ1) is 27.9. The Labute approximate surface area is 349 Å². The summed E-state index contributed by atoms with van der Waals surface area (Å²) < 4.78 is 13.4. The lowest BCUT2D eigenvalue weighted by atomic mass is 9.86. The van der Waals surface area contributed by atoms with Crippen LogP contribution in [0.5, 0.6) is 11.5 Å². The molecule has 0 aliphatic carbocycles. The second-order valence-electron chi connectivity index (χ2n) is 15.0. The van der Waals surface area contributed by atoms with Gasteiger partial charge in [0.2, 0.25) is 5.95 Å². The summed E-state index contributed by atoms with van der Waals surface area (Å²) >= 11 is 3.45. The molecule has 1 aliphatic rings. The molecule has 306 valence electrons. The number of aryl methyl sites for hydroxylation is 1. The van der Waals surface area contributed by atoms with Crippen molar-refractivity contribution in [1.82, 2.24) is 20.2 Å².